The molecule has 7 heteroatoms. The predicted octanol–water partition coefficient (Wildman–Crippen LogP) is 1.89. The second kappa shape index (κ2) is 6.99. The van der Waals surface area contributed by atoms with Gasteiger partial charge in [0.1, 0.15) is 6.61 Å². The maximum atomic E-state index is 13.7. The van der Waals surface area contributed by atoms with Crippen LogP contribution < -0.4 is 10.1 Å². The van der Waals surface area contributed by atoms with Crippen molar-refractivity contribution in [1.29, 1.82) is 0 Å². The first kappa shape index (κ1) is 16.8. The van der Waals surface area contributed by atoms with Gasteiger partial charge in [0.25, 0.3) is 0 Å². The van der Waals surface area contributed by atoms with Crippen LogP contribution in [0.3, 0.4) is 0 Å². The van der Waals surface area contributed by atoms with Crippen molar-refractivity contribution in [3.05, 3.63) is 29.3 Å². The standard InChI is InChI=1S/C13H19F2NO3S/c1-9(2)16-8-10-6-11(14)13(12(15)7-10)19-4-5-20(3,17)18/h6-7,9,16H,4-5,8H2,1-3H3. The summed E-state index contributed by atoms with van der Waals surface area (Å²) in [6.45, 7) is 3.91. The molecule has 0 spiro atoms. The number of benzene rings is 1. The lowest BCUT2D eigenvalue weighted by molar-refractivity contribution is 0.303. The third kappa shape index (κ3) is 5.83. The van der Waals surface area contributed by atoms with E-state index in [-0.39, 0.29) is 18.4 Å². The quantitative estimate of drug-likeness (QED) is 0.836. The summed E-state index contributed by atoms with van der Waals surface area (Å²) in [4.78, 5) is 0. The molecule has 0 unspecified atom stereocenters. The molecule has 0 bridgehead atoms. The monoisotopic (exact) mass is 307 g/mol. The predicted molar refractivity (Wildman–Crippen MR) is 73.5 cm³/mol. The molecule has 0 fully saturated rings. The molecule has 0 heterocycles. The first-order chi connectivity index (χ1) is 9.19. The summed E-state index contributed by atoms with van der Waals surface area (Å²) >= 11 is 0. The van der Waals surface area contributed by atoms with Gasteiger partial charge in [0, 0.05) is 18.8 Å². The van der Waals surface area contributed by atoms with E-state index in [2.05, 4.69) is 5.32 Å². The fourth-order valence-corrected chi connectivity index (χ4v) is 1.86. The second-order valence-electron chi connectivity index (χ2n) is 4.90. The van der Waals surface area contributed by atoms with E-state index < -0.39 is 27.2 Å². The Hall–Kier alpha value is -1.21. The molecule has 0 aliphatic rings. The van der Waals surface area contributed by atoms with E-state index in [9.17, 15) is 17.2 Å². The van der Waals surface area contributed by atoms with Gasteiger partial charge in [-0.3, -0.25) is 0 Å². The molecule has 0 radical (unpaired) electrons. The van der Waals surface area contributed by atoms with Crippen molar-refractivity contribution < 1.29 is 21.9 Å². The normalized spacial score (nSPS) is 11.9. The lowest BCUT2D eigenvalue weighted by Crippen LogP contribution is -2.22. The van der Waals surface area contributed by atoms with Crippen molar-refractivity contribution in [3.63, 3.8) is 0 Å². The van der Waals surface area contributed by atoms with Gasteiger partial charge in [0.2, 0.25) is 0 Å². The number of ether oxygens (including phenoxy) is 1. The average molecular weight is 307 g/mol. The minimum absolute atomic E-state index is 0.201. The Kier molecular flexibility index (Phi) is 5.88. The van der Waals surface area contributed by atoms with Crippen molar-refractivity contribution >= 4 is 9.84 Å². The van der Waals surface area contributed by atoms with Crippen molar-refractivity contribution in [2.45, 2.75) is 26.4 Å². The molecule has 1 aromatic carbocycles. The summed E-state index contributed by atoms with van der Waals surface area (Å²) in [5.41, 5.74) is 0.462. The van der Waals surface area contributed by atoms with E-state index >= 15 is 0 Å². The topological polar surface area (TPSA) is 55.4 Å². The van der Waals surface area contributed by atoms with E-state index in [1.165, 1.54) is 12.1 Å². The molecular weight excluding hydrogens is 288 g/mol. The molecule has 20 heavy (non-hydrogen) atoms. The molecule has 0 saturated heterocycles. The summed E-state index contributed by atoms with van der Waals surface area (Å²) in [7, 11) is -3.23. The van der Waals surface area contributed by atoms with Crippen LogP contribution >= 0.6 is 0 Å². The van der Waals surface area contributed by atoms with Crippen molar-refractivity contribution in [1.82, 2.24) is 5.32 Å². The average Bonchev–Trinajstić information content (AvgIpc) is 2.28. The third-order valence-electron chi connectivity index (χ3n) is 2.47. The van der Waals surface area contributed by atoms with E-state index in [0.717, 1.165) is 6.26 Å². The summed E-state index contributed by atoms with van der Waals surface area (Å²) in [6.07, 6.45) is 1.03. The van der Waals surface area contributed by atoms with Crippen LogP contribution in [0.1, 0.15) is 19.4 Å². The fraction of sp³-hybridized carbons (Fsp3) is 0.538. The minimum Gasteiger partial charge on any atom is -0.487 e. The zero-order valence-corrected chi connectivity index (χ0v) is 12.6. The number of sulfone groups is 1. The van der Waals surface area contributed by atoms with E-state index in [0.29, 0.717) is 12.1 Å². The van der Waals surface area contributed by atoms with Gasteiger partial charge in [-0.2, -0.15) is 0 Å². The van der Waals surface area contributed by atoms with Crippen LogP contribution in [0.15, 0.2) is 12.1 Å². The van der Waals surface area contributed by atoms with Crippen LogP contribution in [0.4, 0.5) is 8.78 Å². The smallest absolute Gasteiger partial charge is 0.190 e. The van der Waals surface area contributed by atoms with Crippen LogP contribution in [0, 0.1) is 11.6 Å². The Morgan fingerprint density at radius 3 is 2.25 bits per heavy atom. The Labute approximate surface area is 118 Å². The zero-order chi connectivity index (χ0) is 15.3. The summed E-state index contributed by atoms with van der Waals surface area (Å²) in [5.74, 6) is -2.50. The van der Waals surface area contributed by atoms with Crippen molar-refractivity contribution in [2.75, 3.05) is 18.6 Å². The van der Waals surface area contributed by atoms with Gasteiger partial charge < -0.3 is 10.1 Å². The summed E-state index contributed by atoms with van der Waals surface area (Å²) < 4.78 is 54.1. The molecule has 1 aromatic rings. The largest absolute Gasteiger partial charge is 0.487 e. The molecule has 0 atom stereocenters. The number of hydrogen-bond acceptors (Lipinski definition) is 4. The van der Waals surface area contributed by atoms with Gasteiger partial charge in [0.15, 0.2) is 27.2 Å². The number of nitrogens with one attached hydrogen (secondary N) is 1. The second-order valence-corrected chi connectivity index (χ2v) is 7.16. The molecule has 1 rings (SSSR count). The maximum absolute atomic E-state index is 13.7. The molecule has 1 N–H and O–H groups in total. The highest BCUT2D eigenvalue weighted by atomic mass is 32.2. The van der Waals surface area contributed by atoms with Crippen LogP contribution in [-0.2, 0) is 16.4 Å². The molecule has 114 valence electrons. The first-order valence-electron chi connectivity index (χ1n) is 6.21. The Bertz CT molecular complexity index is 536. The highest BCUT2D eigenvalue weighted by Gasteiger charge is 2.14. The minimum atomic E-state index is -3.23. The highest BCUT2D eigenvalue weighted by Crippen LogP contribution is 2.23. The van der Waals surface area contributed by atoms with Crippen LogP contribution in [0.25, 0.3) is 0 Å². The number of hydrogen-bond donors (Lipinski definition) is 1. The number of rotatable bonds is 7. The molecule has 0 aliphatic heterocycles. The third-order valence-corrected chi connectivity index (χ3v) is 3.38. The van der Waals surface area contributed by atoms with Gasteiger partial charge in [-0.15, -0.1) is 0 Å². The van der Waals surface area contributed by atoms with Crippen molar-refractivity contribution in [2.24, 2.45) is 0 Å². The number of halogens is 2. The Morgan fingerprint density at radius 2 is 1.80 bits per heavy atom. The van der Waals surface area contributed by atoms with E-state index in [1.54, 1.807) is 0 Å². The zero-order valence-electron chi connectivity index (χ0n) is 11.7. The first-order valence-corrected chi connectivity index (χ1v) is 8.27. The van der Waals surface area contributed by atoms with E-state index in [4.69, 9.17) is 4.74 Å². The van der Waals surface area contributed by atoms with E-state index in [1.807, 2.05) is 13.8 Å². The fourth-order valence-electron chi connectivity index (χ4n) is 1.47. The van der Waals surface area contributed by atoms with Gasteiger partial charge in [-0.1, -0.05) is 13.8 Å². The molecule has 0 saturated carbocycles. The summed E-state index contributed by atoms with van der Waals surface area (Å²) in [6, 6.07) is 2.55. The molecule has 0 aliphatic carbocycles. The van der Waals surface area contributed by atoms with Crippen LogP contribution in [-0.4, -0.2) is 33.1 Å². The molecule has 0 aromatic heterocycles. The SMILES string of the molecule is CC(C)NCc1cc(F)c(OCCS(C)(=O)=O)c(F)c1. The Balaban J connectivity index is 2.73. The molecular formula is C13H19F2NO3S. The van der Waals surface area contributed by atoms with Gasteiger partial charge >= 0.3 is 0 Å². The van der Waals surface area contributed by atoms with Crippen LogP contribution in [0.5, 0.6) is 5.75 Å². The maximum Gasteiger partial charge on any atom is 0.190 e. The lowest BCUT2D eigenvalue weighted by Gasteiger charge is -2.11. The van der Waals surface area contributed by atoms with Crippen LogP contribution in [0.2, 0.25) is 0 Å². The van der Waals surface area contributed by atoms with Gasteiger partial charge in [-0.25, -0.2) is 17.2 Å². The molecule has 0 amide bonds. The van der Waals surface area contributed by atoms with Crippen molar-refractivity contribution in [3.8, 4) is 5.75 Å². The molecule has 4 nitrogen and oxygen atoms in total. The Morgan fingerprint density at radius 1 is 1.25 bits per heavy atom. The van der Waals surface area contributed by atoms with Gasteiger partial charge in [0.05, 0.1) is 5.75 Å². The lowest BCUT2D eigenvalue weighted by atomic mass is 10.2. The highest BCUT2D eigenvalue weighted by molar-refractivity contribution is 7.90. The summed E-state index contributed by atoms with van der Waals surface area (Å²) in [5, 5.41) is 3.05. The van der Waals surface area contributed by atoms with Gasteiger partial charge in [-0.05, 0) is 17.7 Å².